The highest BCUT2D eigenvalue weighted by atomic mass is 19.3. The number of hydrogen-bond donors (Lipinski definition) is 0. The van der Waals surface area contributed by atoms with E-state index in [0.717, 1.165) is 24.0 Å². The Morgan fingerprint density at radius 3 is 2.76 bits per heavy atom. The lowest BCUT2D eigenvalue weighted by molar-refractivity contribution is -0.146. The van der Waals surface area contributed by atoms with Crippen LogP contribution in [0.15, 0.2) is 24.3 Å². The molecule has 21 heavy (non-hydrogen) atoms. The number of carbonyl (C=O) groups is 1. The molecule has 2 aliphatic heterocycles. The standard InChI is InChI=1S/C17H21F2NO/c1-3-17(15(18)19)10-13-7-8-14(20(13)16(17)21)12-6-4-5-11(2)9-12/h4-6,9,13-15H,3,7-8,10H2,1-2H3/t13-,14-,17-/m0/s1. The lowest BCUT2D eigenvalue weighted by Crippen LogP contribution is -2.40. The Labute approximate surface area is 124 Å². The van der Waals surface area contributed by atoms with Crippen LogP contribution < -0.4 is 0 Å². The third-order valence-electron chi connectivity index (χ3n) is 5.24. The largest absolute Gasteiger partial charge is 0.332 e. The number of aryl methyl sites for hydroxylation is 1. The summed E-state index contributed by atoms with van der Waals surface area (Å²) in [5.41, 5.74) is 0.762. The molecule has 1 amide bonds. The fourth-order valence-corrected chi connectivity index (χ4v) is 3.99. The highest BCUT2D eigenvalue weighted by Crippen LogP contribution is 2.52. The molecule has 1 aromatic carbocycles. The second kappa shape index (κ2) is 5.08. The van der Waals surface area contributed by atoms with E-state index in [4.69, 9.17) is 0 Å². The summed E-state index contributed by atoms with van der Waals surface area (Å²) in [6.45, 7) is 3.71. The van der Waals surface area contributed by atoms with E-state index < -0.39 is 11.8 Å². The zero-order valence-corrected chi connectivity index (χ0v) is 12.5. The molecule has 2 nitrogen and oxygen atoms in total. The molecule has 0 N–H and O–H groups in total. The van der Waals surface area contributed by atoms with Crippen LogP contribution in [0.25, 0.3) is 0 Å². The molecule has 0 spiro atoms. The molecular formula is C17H21F2NO. The van der Waals surface area contributed by atoms with Crippen molar-refractivity contribution in [2.45, 2.75) is 58.0 Å². The van der Waals surface area contributed by atoms with Gasteiger partial charge in [-0.2, -0.15) is 0 Å². The van der Waals surface area contributed by atoms with Gasteiger partial charge in [0.15, 0.2) is 0 Å². The third kappa shape index (κ3) is 2.07. The number of nitrogens with zero attached hydrogens (tertiary/aromatic N) is 1. The van der Waals surface area contributed by atoms with Crippen molar-refractivity contribution in [3.8, 4) is 0 Å². The van der Waals surface area contributed by atoms with Gasteiger partial charge in [0.2, 0.25) is 5.91 Å². The Balaban J connectivity index is 1.94. The summed E-state index contributed by atoms with van der Waals surface area (Å²) < 4.78 is 27.0. The maximum Gasteiger partial charge on any atom is 0.252 e. The van der Waals surface area contributed by atoms with Crippen molar-refractivity contribution < 1.29 is 13.6 Å². The first-order chi connectivity index (χ1) is 9.99. The molecule has 0 radical (unpaired) electrons. The minimum absolute atomic E-state index is 0.0167. The molecule has 1 aromatic rings. The summed E-state index contributed by atoms with van der Waals surface area (Å²) in [5.74, 6) is -0.339. The first-order valence-corrected chi connectivity index (χ1v) is 7.67. The molecule has 2 saturated heterocycles. The van der Waals surface area contributed by atoms with Gasteiger partial charge in [0.25, 0.3) is 6.43 Å². The zero-order chi connectivity index (χ0) is 15.2. The summed E-state index contributed by atoms with van der Waals surface area (Å²) >= 11 is 0. The first-order valence-electron chi connectivity index (χ1n) is 7.67. The minimum atomic E-state index is -2.57. The maximum absolute atomic E-state index is 13.5. The molecule has 0 unspecified atom stereocenters. The van der Waals surface area contributed by atoms with E-state index in [-0.39, 0.29) is 24.4 Å². The topological polar surface area (TPSA) is 20.3 Å². The van der Waals surface area contributed by atoms with Crippen LogP contribution >= 0.6 is 0 Å². The van der Waals surface area contributed by atoms with Crippen LogP contribution in [0.1, 0.15) is 49.8 Å². The normalized spacial score (nSPS) is 32.0. The highest BCUT2D eigenvalue weighted by Gasteiger charge is 2.59. The number of carbonyl (C=O) groups excluding carboxylic acids is 1. The average Bonchev–Trinajstić information content (AvgIpc) is 2.98. The van der Waals surface area contributed by atoms with Crippen LogP contribution in [-0.4, -0.2) is 23.3 Å². The predicted molar refractivity (Wildman–Crippen MR) is 77.1 cm³/mol. The van der Waals surface area contributed by atoms with Gasteiger partial charge < -0.3 is 4.90 Å². The van der Waals surface area contributed by atoms with Crippen molar-refractivity contribution >= 4 is 5.91 Å². The molecule has 0 aromatic heterocycles. The van der Waals surface area contributed by atoms with E-state index in [1.54, 1.807) is 11.8 Å². The smallest absolute Gasteiger partial charge is 0.252 e. The Hall–Kier alpha value is -1.45. The maximum atomic E-state index is 13.5. The van der Waals surface area contributed by atoms with E-state index in [0.29, 0.717) is 6.42 Å². The number of hydrogen-bond acceptors (Lipinski definition) is 1. The molecule has 2 heterocycles. The fraction of sp³-hybridized carbons (Fsp3) is 0.588. The second-order valence-electron chi connectivity index (χ2n) is 6.39. The van der Waals surface area contributed by atoms with Gasteiger partial charge in [-0.15, -0.1) is 0 Å². The Bertz CT molecular complexity index is 559. The van der Waals surface area contributed by atoms with Crippen LogP contribution in [0, 0.1) is 12.3 Å². The summed E-state index contributed by atoms with van der Waals surface area (Å²) in [6, 6.07) is 8.00. The van der Waals surface area contributed by atoms with Crippen molar-refractivity contribution in [1.82, 2.24) is 4.90 Å². The fourth-order valence-electron chi connectivity index (χ4n) is 3.99. The first kappa shape index (κ1) is 14.5. The van der Waals surface area contributed by atoms with E-state index in [1.807, 2.05) is 25.1 Å². The molecule has 0 bridgehead atoms. The monoisotopic (exact) mass is 293 g/mol. The van der Waals surface area contributed by atoms with Crippen LogP contribution in [0.5, 0.6) is 0 Å². The third-order valence-corrected chi connectivity index (χ3v) is 5.24. The lowest BCUT2D eigenvalue weighted by Gasteiger charge is -2.29. The molecule has 4 heteroatoms. The highest BCUT2D eigenvalue weighted by molar-refractivity contribution is 5.86. The van der Waals surface area contributed by atoms with Crippen LogP contribution in [0.4, 0.5) is 8.78 Å². The second-order valence-corrected chi connectivity index (χ2v) is 6.39. The van der Waals surface area contributed by atoms with Crippen molar-refractivity contribution in [2.24, 2.45) is 5.41 Å². The van der Waals surface area contributed by atoms with Gasteiger partial charge in [-0.3, -0.25) is 4.79 Å². The summed E-state index contributed by atoms with van der Waals surface area (Å²) in [6.07, 6.45) is -0.333. The quantitative estimate of drug-likeness (QED) is 0.822. The molecule has 2 fully saturated rings. The number of rotatable bonds is 3. The Kier molecular flexibility index (Phi) is 3.50. The minimum Gasteiger partial charge on any atom is -0.332 e. The van der Waals surface area contributed by atoms with E-state index in [1.165, 1.54) is 0 Å². The van der Waals surface area contributed by atoms with Gasteiger partial charge in [-0.25, -0.2) is 8.78 Å². The van der Waals surface area contributed by atoms with Crippen molar-refractivity contribution in [3.63, 3.8) is 0 Å². The lowest BCUT2D eigenvalue weighted by atomic mass is 9.81. The molecule has 0 saturated carbocycles. The molecule has 0 aliphatic carbocycles. The predicted octanol–water partition coefficient (Wildman–Crippen LogP) is 4.09. The van der Waals surface area contributed by atoms with Gasteiger partial charge in [0.05, 0.1) is 6.04 Å². The van der Waals surface area contributed by atoms with E-state index in [9.17, 15) is 13.6 Å². The Morgan fingerprint density at radius 2 is 2.14 bits per heavy atom. The number of fused-ring (bicyclic) bond motifs is 1. The van der Waals surface area contributed by atoms with Gasteiger partial charge in [-0.1, -0.05) is 36.8 Å². The van der Waals surface area contributed by atoms with Crippen molar-refractivity contribution in [2.75, 3.05) is 0 Å². The zero-order valence-electron chi connectivity index (χ0n) is 12.5. The average molecular weight is 293 g/mol. The van der Waals surface area contributed by atoms with Crippen LogP contribution in [0.2, 0.25) is 0 Å². The van der Waals surface area contributed by atoms with E-state index >= 15 is 0 Å². The molecular weight excluding hydrogens is 272 g/mol. The number of alkyl halides is 2. The Morgan fingerprint density at radius 1 is 1.38 bits per heavy atom. The molecule has 2 aliphatic rings. The summed E-state index contributed by atoms with van der Waals surface area (Å²) in [7, 11) is 0. The molecule has 3 atom stereocenters. The molecule has 114 valence electrons. The van der Waals surface area contributed by atoms with Gasteiger partial charge >= 0.3 is 0 Å². The van der Waals surface area contributed by atoms with Crippen molar-refractivity contribution in [1.29, 1.82) is 0 Å². The SMILES string of the molecule is CC[C@@]1(C(F)F)C[C@@H]2CC[C@@H](c3cccc(C)c3)N2C1=O. The van der Waals surface area contributed by atoms with Crippen molar-refractivity contribution in [3.05, 3.63) is 35.4 Å². The summed E-state index contributed by atoms with van der Waals surface area (Å²) in [5, 5.41) is 0. The van der Waals surface area contributed by atoms with E-state index in [2.05, 4.69) is 6.07 Å². The molecule has 3 rings (SSSR count). The summed E-state index contributed by atoms with van der Waals surface area (Å²) in [4.78, 5) is 14.5. The van der Waals surface area contributed by atoms with Gasteiger partial charge in [0, 0.05) is 6.04 Å². The van der Waals surface area contributed by atoms with Gasteiger partial charge in [0.1, 0.15) is 5.41 Å². The van der Waals surface area contributed by atoms with Crippen LogP contribution in [0.3, 0.4) is 0 Å². The van der Waals surface area contributed by atoms with Gasteiger partial charge in [-0.05, 0) is 38.2 Å². The number of halogens is 2. The number of amides is 1. The number of benzene rings is 1. The van der Waals surface area contributed by atoms with Crippen LogP contribution in [-0.2, 0) is 4.79 Å².